The van der Waals surface area contributed by atoms with E-state index in [1.54, 1.807) is 0 Å². The van der Waals surface area contributed by atoms with E-state index >= 15 is 0 Å². The summed E-state index contributed by atoms with van der Waals surface area (Å²) in [7, 11) is 0. The van der Waals surface area contributed by atoms with E-state index < -0.39 is 0 Å². The summed E-state index contributed by atoms with van der Waals surface area (Å²) < 4.78 is 0. The highest BCUT2D eigenvalue weighted by Crippen LogP contribution is 2.35. The maximum absolute atomic E-state index is 5.17. The van der Waals surface area contributed by atoms with Crippen LogP contribution < -0.4 is 0 Å². The molecule has 0 unspecified atom stereocenters. The van der Waals surface area contributed by atoms with Gasteiger partial charge in [-0.3, -0.25) is 0 Å². The molecule has 0 N–H and O–H groups in total. The molecule has 11 rings (SSSR count). The monoisotopic (exact) mass is 767 g/mol. The average molecular weight is 768 g/mol. The third kappa shape index (κ3) is 6.60. The van der Waals surface area contributed by atoms with Crippen LogP contribution in [0.1, 0.15) is 0 Å². The molecule has 280 valence electrons. The van der Waals surface area contributed by atoms with E-state index in [1.165, 1.54) is 5.39 Å². The molecule has 0 fully saturated rings. The number of hydrogen-bond acceptors (Lipinski definition) is 7. The largest absolute Gasteiger partial charge is 0.244 e. The SMILES string of the molecule is c1ccc(-c2nc(-c3ccc(-c4nc5ccccc5nc4-c4ccccc4)cc3)nc(-c3ccc(-c4nc5ccccc5nc4-c4ccc5ccccc5c4)cc3)n2)cc1. The van der Waals surface area contributed by atoms with Gasteiger partial charge in [0.15, 0.2) is 17.5 Å². The van der Waals surface area contributed by atoms with Gasteiger partial charge in [0, 0.05) is 38.9 Å². The molecule has 60 heavy (non-hydrogen) atoms. The number of fused-ring (bicyclic) bond motifs is 3. The predicted molar refractivity (Wildman–Crippen MR) is 242 cm³/mol. The van der Waals surface area contributed by atoms with Crippen LogP contribution in [0.15, 0.2) is 200 Å². The summed E-state index contributed by atoms with van der Waals surface area (Å²) in [5, 5.41) is 2.33. The molecule has 0 aliphatic rings. The number of para-hydroxylation sites is 4. The van der Waals surface area contributed by atoms with E-state index in [-0.39, 0.29) is 0 Å². The maximum atomic E-state index is 5.17. The second-order valence-corrected chi connectivity index (χ2v) is 14.6. The fraction of sp³-hybridized carbons (Fsp3) is 0. The van der Waals surface area contributed by atoms with Gasteiger partial charge in [0.2, 0.25) is 0 Å². The molecule has 7 nitrogen and oxygen atoms in total. The molecule has 11 aromatic rings. The Balaban J connectivity index is 0.989. The molecule has 7 heteroatoms. The molecule has 0 spiro atoms. The quantitative estimate of drug-likeness (QED) is 0.159. The van der Waals surface area contributed by atoms with Gasteiger partial charge in [-0.25, -0.2) is 34.9 Å². The van der Waals surface area contributed by atoms with Crippen LogP contribution in [0, 0.1) is 0 Å². The van der Waals surface area contributed by atoms with E-state index in [1.807, 2.05) is 109 Å². The zero-order valence-corrected chi connectivity index (χ0v) is 32.2. The van der Waals surface area contributed by atoms with Crippen molar-refractivity contribution in [2.24, 2.45) is 0 Å². The van der Waals surface area contributed by atoms with Gasteiger partial charge in [0.1, 0.15) is 0 Å². The molecule has 0 saturated heterocycles. The van der Waals surface area contributed by atoms with Gasteiger partial charge in [-0.15, -0.1) is 0 Å². The predicted octanol–water partition coefficient (Wildman–Crippen LogP) is 12.6. The average Bonchev–Trinajstić information content (AvgIpc) is 3.33. The van der Waals surface area contributed by atoms with E-state index in [0.29, 0.717) is 17.5 Å². The lowest BCUT2D eigenvalue weighted by atomic mass is 9.99. The molecule has 0 bridgehead atoms. The van der Waals surface area contributed by atoms with Gasteiger partial charge in [0.05, 0.1) is 44.8 Å². The third-order valence-corrected chi connectivity index (χ3v) is 10.7. The third-order valence-electron chi connectivity index (χ3n) is 10.7. The van der Waals surface area contributed by atoms with Crippen molar-refractivity contribution in [3.8, 4) is 79.2 Å². The van der Waals surface area contributed by atoms with Crippen LogP contribution in [0.25, 0.3) is 112 Å². The number of benzene rings is 8. The van der Waals surface area contributed by atoms with Crippen LogP contribution >= 0.6 is 0 Å². The van der Waals surface area contributed by atoms with Crippen LogP contribution in [0.4, 0.5) is 0 Å². The Labute approximate surface area is 345 Å². The van der Waals surface area contributed by atoms with Crippen molar-refractivity contribution in [3.05, 3.63) is 200 Å². The second-order valence-electron chi connectivity index (χ2n) is 14.6. The van der Waals surface area contributed by atoms with Crippen LogP contribution in [0.3, 0.4) is 0 Å². The molecule has 0 amide bonds. The number of rotatable bonds is 7. The molecule has 3 aromatic heterocycles. The topological polar surface area (TPSA) is 90.2 Å². The first kappa shape index (κ1) is 34.9. The summed E-state index contributed by atoms with van der Waals surface area (Å²) >= 11 is 0. The van der Waals surface area contributed by atoms with Gasteiger partial charge in [0.25, 0.3) is 0 Å². The molecule has 0 saturated carbocycles. The minimum Gasteiger partial charge on any atom is -0.244 e. The Kier molecular flexibility index (Phi) is 8.67. The standard InChI is InChI=1S/C53H33N7/c1-3-14-35(15-4-1)47-48(55-44-20-10-9-19-43(44)54-47)36-24-28-39(29-25-36)52-58-51(38-16-5-2-6-17-38)59-53(60-52)40-30-26-37(27-31-40)49-50(57-46-22-12-11-21-45(46)56-49)42-32-23-34-13-7-8-18-41(34)33-42/h1-33H. The summed E-state index contributed by atoms with van der Waals surface area (Å²) in [5.74, 6) is 1.73. The van der Waals surface area contributed by atoms with E-state index in [4.69, 9.17) is 34.9 Å². The van der Waals surface area contributed by atoms with Gasteiger partial charge >= 0.3 is 0 Å². The number of aromatic nitrogens is 7. The molecular formula is C53H33N7. The van der Waals surface area contributed by atoms with Crippen molar-refractivity contribution in [1.29, 1.82) is 0 Å². The fourth-order valence-electron chi connectivity index (χ4n) is 7.64. The summed E-state index contributed by atoms with van der Waals surface area (Å²) in [4.78, 5) is 35.6. The molecule has 8 aromatic carbocycles. The molecule has 0 radical (unpaired) electrons. The summed E-state index contributed by atoms with van der Waals surface area (Å²) in [6.45, 7) is 0. The zero-order chi connectivity index (χ0) is 39.8. The lowest BCUT2D eigenvalue weighted by Crippen LogP contribution is -2.00. The van der Waals surface area contributed by atoms with Gasteiger partial charge in [-0.05, 0) is 41.1 Å². The van der Waals surface area contributed by atoms with Crippen molar-refractivity contribution in [2.75, 3.05) is 0 Å². The van der Waals surface area contributed by atoms with Gasteiger partial charge < -0.3 is 0 Å². The highest BCUT2D eigenvalue weighted by Gasteiger charge is 2.18. The molecule has 3 heterocycles. The first-order chi connectivity index (χ1) is 29.7. The van der Waals surface area contributed by atoms with E-state index in [9.17, 15) is 0 Å². The first-order valence-corrected chi connectivity index (χ1v) is 19.8. The molecular weight excluding hydrogens is 735 g/mol. The highest BCUT2D eigenvalue weighted by molar-refractivity contribution is 5.92. The van der Waals surface area contributed by atoms with Crippen LogP contribution in [0.2, 0.25) is 0 Å². The van der Waals surface area contributed by atoms with E-state index in [2.05, 4.69) is 91.0 Å². The summed E-state index contributed by atoms with van der Waals surface area (Å²) in [5.41, 5.74) is 13.2. The van der Waals surface area contributed by atoms with Gasteiger partial charge in [-0.1, -0.05) is 170 Å². The highest BCUT2D eigenvalue weighted by atomic mass is 15.0. The summed E-state index contributed by atoms with van der Waals surface area (Å²) in [6.07, 6.45) is 0. The molecule has 0 aliphatic carbocycles. The number of hydrogen-bond donors (Lipinski definition) is 0. The molecule has 0 aliphatic heterocycles. The normalized spacial score (nSPS) is 11.3. The fourth-order valence-corrected chi connectivity index (χ4v) is 7.64. The van der Waals surface area contributed by atoms with Crippen molar-refractivity contribution >= 4 is 32.8 Å². The minimum atomic E-state index is 0.570. The smallest absolute Gasteiger partial charge is 0.164 e. The second kappa shape index (κ2) is 14.9. The minimum absolute atomic E-state index is 0.570. The zero-order valence-electron chi connectivity index (χ0n) is 32.2. The van der Waals surface area contributed by atoms with Crippen LogP contribution in [-0.2, 0) is 0 Å². The van der Waals surface area contributed by atoms with Crippen molar-refractivity contribution in [3.63, 3.8) is 0 Å². The van der Waals surface area contributed by atoms with Crippen molar-refractivity contribution < 1.29 is 0 Å². The van der Waals surface area contributed by atoms with Crippen molar-refractivity contribution in [2.45, 2.75) is 0 Å². The van der Waals surface area contributed by atoms with Crippen LogP contribution in [0.5, 0.6) is 0 Å². The maximum Gasteiger partial charge on any atom is 0.164 e. The Hall–Kier alpha value is -8.29. The Morgan fingerprint density at radius 3 is 0.950 bits per heavy atom. The number of nitrogens with zero attached hydrogens (tertiary/aromatic N) is 7. The van der Waals surface area contributed by atoms with Crippen molar-refractivity contribution in [1.82, 2.24) is 34.9 Å². The lowest BCUT2D eigenvalue weighted by molar-refractivity contribution is 1.07. The molecule has 0 atom stereocenters. The lowest BCUT2D eigenvalue weighted by Gasteiger charge is -2.13. The van der Waals surface area contributed by atoms with Gasteiger partial charge in [-0.2, -0.15) is 0 Å². The Morgan fingerprint density at radius 2 is 0.500 bits per heavy atom. The first-order valence-electron chi connectivity index (χ1n) is 19.8. The van der Waals surface area contributed by atoms with E-state index in [0.717, 1.165) is 89.2 Å². The summed E-state index contributed by atoms with van der Waals surface area (Å²) in [6, 6.07) is 67.5. The van der Waals surface area contributed by atoms with Crippen LogP contribution in [-0.4, -0.2) is 34.9 Å². The Morgan fingerprint density at radius 1 is 0.200 bits per heavy atom. The Bertz CT molecular complexity index is 3350.